The van der Waals surface area contributed by atoms with Crippen molar-refractivity contribution in [2.24, 2.45) is 0 Å². The molecule has 0 spiro atoms. The lowest BCUT2D eigenvalue weighted by Crippen LogP contribution is -2.49. The van der Waals surface area contributed by atoms with E-state index in [9.17, 15) is 0 Å². The van der Waals surface area contributed by atoms with E-state index in [1.54, 1.807) is 6.92 Å². The summed E-state index contributed by atoms with van der Waals surface area (Å²) in [5.74, 6) is 0. The number of ether oxygens (including phenoxy) is 2. The largest absolute Gasteiger partial charge is 0.391 e. The predicted octanol–water partition coefficient (Wildman–Crippen LogP) is -1.58. The summed E-state index contributed by atoms with van der Waals surface area (Å²) in [5.41, 5.74) is 0. The summed E-state index contributed by atoms with van der Waals surface area (Å²) in [6, 6.07) is 0. The minimum absolute atomic E-state index is 0.325. The Morgan fingerprint density at radius 1 is 1.27 bits per heavy atom. The molecule has 1 saturated heterocycles. The summed E-state index contributed by atoms with van der Waals surface area (Å²) in [7, 11) is 0. The highest BCUT2D eigenvalue weighted by Gasteiger charge is 2.34. The van der Waals surface area contributed by atoms with Crippen LogP contribution in [0.25, 0.3) is 0 Å². The van der Waals surface area contributed by atoms with Gasteiger partial charge in [0.2, 0.25) is 0 Å². The highest BCUT2D eigenvalue weighted by molar-refractivity contribution is 4.72. The zero-order chi connectivity index (χ0) is 8.43. The second-order valence-electron chi connectivity index (χ2n) is 2.47. The topological polar surface area (TPSA) is 79.2 Å². The Hall–Kier alpha value is -0.200. The molecule has 11 heavy (non-hydrogen) atoms. The van der Waals surface area contributed by atoms with Crippen molar-refractivity contribution in [1.82, 2.24) is 0 Å². The zero-order valence-electron chi connectivity index (χ0n) is 6.17. The van der Waals surface area contributed by atoms with Crippen LogP contribution >= 0.6 is 0 Å². The molecule has 1 aliphatic rings. The molecule has 0 radical (unpaired) electrons. The van der Waals surface area contributed by atoms with Crippen molar-refractivity contribution in [3.05, 3.63) is 0 Å². The van der Waals surface area contributed by atoms with Crippen LogP contribution in [0.3, 0.4) is 0 Å². The third-order valence-corrected chi connectivity index (χ3v) is 1.58. The predicted molar refractivity (Wildman–Crippen MR) is 34.5 cm³/mol. The molecule has 4 atom stereocenters. The fourth-order valence-corrected chi connectivity index (χ4v) is 0.906. The standard InChI is InChI=1S/C6H12O5/c1-3-5(8)6(9)11-4(2-7)10-3/h3-9H,2H2,1H3/t3-,4?,5?,6?/m0/s1. The van der Waals surface area contributed by atoms with Crippen LogP contribution in [0, 0.1) is 0 Å². The van der Waals surface area contributed by atoms with E-state index < -0.39 is 24.8 Å². The first kappa shape index (κ1) is 8.89. The molecule has 1 rings (SSSR count). The van der Waals surface area contributed by atoms with Gasteiger partial charge >= 0.3 is 0 Å². The average Bonchev–Trinajstić information content (AvgIpc) is 1.99. The van der Waals surface area contributed by atoms with Gasteiger partial charge in [-0.2, -0.15) is 0 Å². The Bertz CT molecular complexity index is 116. The van der Waals surface area contributed by atoms with Crippen LogP contribution in [-0.4, -0.2) is 46.7 Å². The minimum atomic E-state index is -1.27. The lowest BCUT2D eigenvalue weighted by atomic mass is 10.2. The van der Waals surface area contributed by atoms with Crippen LogP contribution in [0.4, 0.5) is 0 Å². The summed E-state index contributed by atoms with van der Waals surface area (Å²) in [6.45, 7) is 1.27. The van der Waals surface area contributed by atoms with Gasteiger partial charge in [0.25, 0.3) is 0 Å². The monoisotopic (exact) mass is 164 g/mol. The molecule has 5 nitrogen and oxygen atoms in total. The van der Waals surface area contributed by atoms with Crippen molar-refractivity contribution in [3.8, 4) is 0 Å². The molecule has 0 aliphatic carbocycles. The van der Waals surface area contributed by atoms with E-state index in [1.807, 2.05) is 0 Å². The first-order chi connectivity index (χ1) is 5.15. The van der Waals surface area contributed by atoms with E-state index in [0.717, 1.165) is 0 Å². The first-order valence-corrected chi connectivity index (χ1v) is 3.43. The van der Waals surface area contributed by atoms with Crippen LogP contribution in [-0.2, 0) is 9.47 Å². The first-order valence-electron chi connectivity index (χ1n) is 3.43. The molecular formula is C6H12O5. The average molecular weight is 164 g/mol. The van der Waals surface area contributed by atoms with E-state index in [-0.39, 0.29) is 6.61 Å². The van der Waals surface area contributed by atoms with Crippen LogP contribution in [0.5, 0.6) is 0 Å². The highest BCUT2D eigenvalue weighted by Crippen LogP contribution is 2.16. The smallest absolute Gasteiger partial charge is 0.186 e. The molecule has 5 heteroatoms. The van der Waals surface area contributed by atoms with Gasteiger partial charge in [0.05, 0.1) is 12.7 Å². The van der Waals surface area contributed by atoms with E-state index in [0.29, 0.717) is 0 Å². The van der Waals surface area contributed by atoms with Gasteiger partial charge < -0.3 is 24.8 Å². The fourth-order valence-electron chi connectivity index (χ4n) is 0.906. The maximum atomic E-state index is 9.08. The molecule has 1 fully saturated rings. The van der Waals surface area contributed by atoms with Gasteiger partial charge in [-0.3, -0.25) is 0 Å². The Balaban J connectivity index is 2.47. The van der Waals surface area contributed by atoms with Gasteiger partial charge in [0.1, 0.15) is 6.10 Å². The number of aliphatic hydroxyl groups is 3. The quantitative estimate of drug-likeness (QED) is 0.436. The summed E-state index contributed by atoms with van der Waals surface area (Å²) in [5, 5.41) is 26.6. The Morgan fingerprint density at radius 2 is 1.91 bits per heavy atom. The normalized spacial score (nSPS) is 45.8. The van der Waals surface area contributed by atoms with Gasteiger partial charge in [-0.05, 0) is 6.92 Å². The molecule has 0 aromatic rings. The maximum absolute atomic E-state index is 9.08. The molecule has 1 aliphatic heterocycles. The summed E-state index contributed by atoms with van der Waals surface area (Å²) in [4.78, 5) is 0. The van der Waals surface area contributed by atoms with E-state index in [2.05, 4.69) is 4.74 Å². The maximum Gasteiger partial charge on any atom is 0.186 e. The van der Waals surface area contributed by atoms with Gasteiger partial charge in [-0.1, -0.05) is 0 Å². The van der Waals surface area contributed by atoms with Gasteiger partial charge in [0, 0.05) is 0 Å². The van der Waals surface area contributed by atoms with Crippen LogP contribution in [0.1, 0.15) is 6.92 Å². The second-order valence-corrected chi connectivity index (χ2v) is 2.47. The summed E-state index contributed by atoms with van der Waals surface area (Å²) >= 11 is 0. The number of rotatable bonds is 1. The molecule has 0 amide bonds. The minimum Gasteiger partial charge on any atom is -0.391 e. The van der Waals surface area contributed by atoms with Crippen molar-refractivity contribution in [3.63, 3.8) is 0 Å². The second kappa shape index (κ2) is 3.46. The van der Waals surface area contributed by atoms with E-state index >= 15 is 0 Å². The lowest BCUT2D eigenvalue weighted by Gasteiger charge is -2.34. The van der Waals surface area contributed by atoms with Crippen molar-refractivity contribution in [1.29, 1.82) is 0 Å². The molecule has 3 N–H and O–H groups in total. The zero-order valence-corrected chi connectivity index (χ0v) is 6.17. The van der Waals surface area contributed by atoms with Gasteiger partial charge in [-0.15, -0.1) is 0 Å². The Labute approximate surface area is 64.2 Å². The molecule has 3 unspecified atom stereocenters. The van der Waals surface area contributed by atoms with Gasteiger partial charge in [-0.25, -0.2) is 0 Å². The van der Waals surface area contributed by atoms with Crippen molar-refractivity contribution >= 4 is 0 Å². The SMILES string of the molecule is C[C@@H]1OC(CO)OC(O)C1O. The number of aliphatic hydroxyl groups excluding tert-OH is 3. The third-order valence-electron chi connectivity index (χ3n) is 1.58. The van der Waals surface area contributed by atoms with Gasteiger partial charge in [0.15, 0.2) is 12.6 Å². The Kier molecular flexibility index (Phi) is 2.80. The van der Waals surface area contributed by atoms with E-state index in [4.69, 9.17) is 20.1 Å². The third kappa shape index (κ3) is 1.88. The van der Waals surface area contributed by atoms with Crippen molar-refractivity contribution in [2.75, 3.05) is 6.61 Å². The molecule has 0 saturated carbocycles. The summed E-state index contributed by atoms with van der Waals surface area (Å²) in [6.07, 6.45) is -3.66. The lowest BCUT2D eigenvalue weighted by molar-refractivity contribution is -0.336. The van der Waals surface area contributed by atoms with Crippen LogP contribution < -0.4 is 0 Å². The molecule has 1 heterocycles. The van der Waals surface area contributed by atoms with Crippen molar-refractivity contribution in [2.45, 2.75) is 31.7 Å². The molecular weight excluding hydrogens is 152 g/mol. The molecule has 66 valence electrons. The Morgan fingerprint density at radius 3 is 2.36 bits per heavy atom. The van der Waals surface area contributed by atoms with Crippen LogP contribution in [0.2, 0.25) is 0 Å². The fraction of sp³-hybridized carbons (Fsp3) is 1.00. The number of hydrogen-bond donors (Lipinski definition) is 3. The molecule has 0 aromatic heterocycles. The number of hydrogen-bond acceptors (Lipinski definition) is 5. The van der Waals surface area contributed by atoms with E-state index in [1.165, 1.54) is 0 Å². The molecule has 0 bridgehead atoms. The summed E-state index contributed by atoms with van der Waals surface area (Å²) < 4.78 is 9.59. The molecule has 0 aromatic carbocycles. The van der Waals surface area contributed by atoms with Crippen molar-refractivity contribution < 1.29 is 24.8 Å². The van der Waals surface area contributed by atoms with Crippen LogP contribution in [0.15, 0.2) is 0 Å². The highest BCUT2D eigenvalue weighted by atomic mass is 16.8.